The van der Waals surface area contributed by atoms with Crippen LogP contribution in [0.5, 0.6) is 0 Å². The molecule has 19 heavy (non-hydrogen) atoms. The van der Waals surface area contributed by atoms with Gasteiger partial charge in [-0.05, 0) is 63.0 Å². The van der Waals surface area contributed by atoms with Gasteiger partial charge in [0, 0.05) is 17.6 Å². The summed E-state index contributed by atoms with van der Waals surface area (Å²) >= 11 is 6.26. The molecule has 1 aromatic carbocycles. The molecule has 1 saturated heterocycles. The van der Waals surface area contributed by atoms with Crippen molar-refractivity contribution in [1.29, 1.82) is 0 Å². The van der Waals surface area contributed by atoms with Crippen molar-refractivity contribution < 1.29 is 0 Å². The van der Waals surface area contributed by atoms with Crippen LogP contribution >= 0.6 is 11.6 Å². The zero-order valence-electron chi connectivity index (χ0n) is 12.1. The fraction of sp³-hybridized carbons (Fsp3) is 0.625. The molecule has 0 radical (unpaired) electrons. The first kappa shape index (κ1) is 14.8. The number of halogens is 1. The van der Waals surface area contributed by atoms with Crippen LogP contribution in [0.2, 0.25) is 5.02 Å². The number of rotatable bonds is 5. The number of hydrogen-bond acceptors (Lipinski definition) is 2. The van der Waals surface area contributed by atoms with Crippen molar-refractivity contribution in [3.05, 3.63) is 34.3 Å². The van der Waals surface area contributed by atoms with Crippen LogP contribution < -0.4 is 5.32 Å². The molecule has 0 bridgehead atoms. The lowest BCUT2D eigenvalue weighted by atomic mass is 10.0. The molecule has 0 aromatic heterocycles. The Hall–Kier alpha value is -0.570. The monoisotopic (exact) mass is 280 g/mol. The molecule has 1 fully saturated rings. The molecule has 2 rings (SSSR count). The van der Waals surface area contributed by atoms with Crippen molar-refractivity contribution in [3.8, 4) is 0 Å². The van der Waals surface area contributed by atoms with Gasteiger partial charge in [-0.25, -0.2) is 0 Å². The van der Waals surface area contributed by atoms with E-state index in [1.165, 1.54) is 50.0 Å². The zero-order valence-corrected chi connectivity index (χ0v) is 12.8. The Kier molecular flexibility index (Phi) is 5.68. The van der Waals surface area contributed by atoms with Gasteiger partial charge in [-0.15, -0.1) is 0 Å². The highest BCUT2D eigenvalue weighted by Gasteiger charge is 2.18. The maximum atomic E-state index is 6.26. The standard InChI is InChI=1S/C16H25ClN2/c1-3-8-19-9-6-15(7-10-19)18-12-14-5-4-13(2)11-16(14)17/h4-5,11,15,18H,3,6-10,12H2,1-2H3. The van der Waals surface area contributed by atoms with Crippen LogP contribution in [-0.4, -0.2) is 30.6 Å². The van der Waals surface area contributed by atoms with Gasteiger partial charge in [0.1, 0.15) is 0 Å². The van der Waals surface area contributed by atoms with Crippen molar-refractivity contribution in [2.45, 2.75) is 45.7 Å². The molecule has 0 unspecified atom stereocenters. The van der Waals surface area contributed by atoms with Gasteiger partial charge in [0.25, 0.3) is 0 Å². The third-order valence-electron chi connectivity index (χ3n) is 3.92. The number of aryl methyl sites for hydroxylation is 1. The maximum absolute atomic E-state index is 6.26. The van der Waals surface area contributed by atoms with E-state index in [-0.39, 0.29) is 0 Å². The van der Waals surface area contributed by atoms with Crippen LogP contribution in [0.15, 0.2) is 18.2 Å². The first-order valence-electron chi connectivity index (χ1n) is 7.40. The summed E-state index contributed by atoms with van der Waals surface area (Å²) in [6.07, 6.45) is 3.77. The van der Waals surface area contributed by atoms with Crippen LogP contribution in [0.1, 0.15) is 37.3 Å². The van der Waals surface area contributed by atoms with Gasteiger partial charge in [-0.2, -0.15) is 0 Å². The molecular formula is C16H25ClN2. The minimum absolute atomic E-state index is 0.644. The molecule has 1 heterocycles. The van der Waals surface area contributed by atoms with Crippen LogP contribution in [0.3, 0.4) is 0 Å². The molecule has 3 heteroatoms. The minimum atomic E-state index is 0.644. The fourth-order valence-corrected chi connectivity index (χ4v) is 3.03. The minimum Gasteiger partial charge on any atom is -0.310 e. The summed E-state index contributed by atoms with van der Waals surface area (Å²) < 4.78 is 0. The second-order valence-corrected chi connectivity index (χ2v) is 6.00. The third-order valence-corrected chi connectivity index (χ3v) is 4.27. The zero-order chi connectivity index (χ0) is 13.7. The Balaban J connectivity index is 1.77. The van der Waals surface area contributed by atoms with Gasteiger partial charge in [0.05, 0.1) is 0 Å². The van der Waals surface area contributed by atoms with Gasteiger partial charge in [-0.1, -0.05) is 30.7 Å². The van der Waals surface area contributed by atoms with E-state index in [1.54, 1.807) is 0 Å². The molecule has 1 aliphatic rings. The number of nitrogens with zero attached hydrogens (tertiary/aromatic N) is 1. The Morgan fingerprint density at radius 2 is 2.05 bits per heavy atom. The van der Waals surface area contributed by atoms with E-state index >= 15 is 0 Å². The lowest BCUT2D eigenvalue weighted by Gasteiger charge is -2.32. The summed E-state index contributed by atoms with van der Waals surface area (Å²) in [5.41, 5.74) is 2.44. The molecule has 0 atom stereocenters. The van der Waals surface area contributed by atoms with E-state index in [2.05, 4.69) is 36.2 Å². The molecule has 2 nitrogen and oxygen atoms in total. The second kappa shape index (κ2) is 7.28. The van der Waals surface area contributed by atoms with Crippen LogP contribution in [0.25, 0.3) is 0 Å². The topological polar surface area (TPSA) is 15.3 Å². The van der Waals surface area contributed by atoms with Crippen molar-refractivity contribution in [2.24, 2.45) is 0 Å². The van der Waals surface area contributed by atoms with Gasteiger partial charge in [-0.3, -0.25) is 0 Å². The first-order valence-corrected chi connectivity index (χ1v) is 7.77. The van der Waals surface area contributed by atoms with E-state index in [0.29, 0.717) is 6.04 Å². The van der Waals surface area contributed by atoms with E-state index in [1.807, 2.05) is 6.07 Å². The Bertz CT molecular complexity index is 398. The normalized spacial score (nSPS) is 17.8. The molecule has 1 N–H and O–H groups in total. The van der Waals surface area contributed by atoms with Gasteiger partial charge in [0.2, 0.25) is 0 Å². The molecule has 0 aliphatic carbocycles. The second-order valence-electron chi connectivity index (χ2n) is 5.59. The van der Waals surface area contributed by atoms with Gasteiger partial charge in [0.15, 0.2) is 0 Å². The predicted octanol–water partition coefficient (Wildman–Crippen LogP) is 3.61. The predicted molar refractivity (Wildman–Crippen MR) is 82.8 cm³/mol. The lowest BCUT2D eigenvalue weighted by molar-refractivity contribution is 0.197. The van der Waals surface area contributed by atoms with Crippen LogP contribution in [-0.2, 0) is 6.54 Å². The van der Waals surface area contributed by atoms with E-state index < -0.39 is 0 Å². The summed E-state index contributed by atoms with van der Waals surface area (Å²) in [7, 11) is 0. The number of likely N-dealkylation sites (tertiary alicyclic amines) is 1. The Morgan fingerprint density at radius 3 is 2.68 bits per heavy atom. The molecule has 0 amide bonds. The van der Waals surface area contributed by atoms with Crippen LogP contribution in [0.4, 0.5) is 0 Å². The van der Waals surface area contributed by atoms with Crippen molar-refractivity contribution >= 4 is 11.6 Å². The largest absolute Gasteiger partial charge is 0.310 e. The van der Waals surface area contributed by atoms with Crippen molar-refractivity contribution in [3.63, 3.8) is 0 Å². The lowest BCUT2D eigenvalue weighted by Crippen LogP contribution is -2.42. The number of piperidine rings is 1. The Labute approximate surface area is 122 Å². The molecule has 106 valence electrons. The Morgan fingerprint density at radius 1 is 1.32 bits per heavy atom. The third kappa shape index (κ3) is 4.48. The van der Waals surface area contributed by atoms with Gasteiger partial charge >= 0.3 is 0 Å². The van der Waals surface area contributed by atoms with Crippen molar-refractivity contribution in [1.82, 2.24) is 10.2 Å². The average Bonchev–Trinajstić information content (AvgIpc) is 2.40. The van der Waals surface area contributed by atoms with Crippen LogP contribution in [0, 0.1) is 6.92 Å². The molecule has 1 aliphatic heterocycles. The summed E-state index contributed by atoms with van der Waals surface area (Å²) in [6.45, 7) is 8.92. The highest BCUT2D eigenvalue weighted by atomic mass is 35.5. The highest BCUT2D eigenvalue weighted by molar-refractivity contribution is 6.31. The molecule has 0 saturated carbocycles. The molecule has 0 spiro atoms. The highest BCUT2D eigenvalue weighted by Crippen LogP contribution is 2.18. The number of nitrogens with one attached hydrogen (secondary N) is 1. The van der Waals surface area contributed by atoms with Gasteiger partial charge < -0.3 is 10.2 Å². The fourth-order valence-electron chi connectivity index (χ4n) is 2.73. The smallest absolute Gasteiger partial charge is 0.0453 e. The molecule has 1 aromatic rings. The SMILES string of the molecule is CCCN1CCC(NCc2ccc(C)cc2Cl)CC1. The first-order chi connectivity index (χ1) is 9.19. The van der Waals surface area contributed by atoms with E-state index in [4.69, 9.17) is 11.6 Å². The molecular weight excluding hydrogens is 256 g/mol. The maximum Gasteiger partial charge on any atom is 0.0453 e. The summed E-state index contributed by atoms with van der Waals surface area (Å²) in [6, 6.07) is 6.96. The summed E-state index contributed by atoms with van der Waals surface area (Å²) in [5.74, 6) is 0. The van der Waals surface area contributed by atoms with E-state index in [9.17, 15) is 0 Å². The van der Waals surface area contributed by atoms with E-state index in [0.717, 1.165) is 11.6 Å². The number of hydrogen-bond donors (Lipinski definition) is 1. The summed E-state index contributed by atoms with van der Waals surface area (Å²) in [5, 5.41) is 4.53. The van der Waals surface area contributed by atoms with Crippen molar-refractivity contribution in [2.75, 3.05) is 19.6 Å². The number of benzene rings is 1. The quantitative estimate of drug-likeness (QED) is 0.886. The average molecular weight is 281 g/mol. The summed E-state index contributed by atoms with van der Waals surface area (Å²) in [4.78, 5) is 2.57.